The molecule has 0 saturated carbocycles. The van der Waals surface area contributed by atoms with Gasteiger partial charge in [0.1, 0.15) is 18.1 Å². The third-order valence-electron chi connectivity index (χ3n) is 5.34. The molecular weight excluding hydrogens is 408 g/mol. The highest BCUT2D eigenvalue weighted by Gasteiger charge is 2.22. The van der Waals surface area contributed by atoms with Crippen molar-refractivity contribution in [2.75, 3.05) is 59.7 Å². The number of methoxy groups -OCH3 is 1. The van der Waals surface area contributed by atoms with E-state index >= 15 is 0 Å². The average molecular weight is 445 g/mol. The Balaban J connectivity index is 1.53. The van der Waals surface area contributed by atoms with Crippen molar-refractivity contribution in [2.24, 2.45) is 4.99 Å². The SMILES string of the molecule is CCNC(=NCC(c1ccc(OC)cc1)N1CCOCC1)NCCCOCc1ccco1. The van der Waals surface area contributed by atoms with Crippen molar-refractivity contribution in [1.29, 1.82) is 0 Å². The Kier molecular flexibility index (Phi) is 10.4. The molecule has 1 aliphatic heterocycles. The van der Waals surface area contributed by atoms with Gasteiger partial charge in [-0.15, -0.1) is 0 Å². The molecule has 1 atom stereocenters. The zero-order valence-electron chi connectivity index (χ0n) is 19.2. The Hall–Kier alpha value is -2.55. The van der Waals surface area contributed by atoms with Crippen LogP contribution < -0.4 is 15.4 Å². The summed E-state index contributed by atoms with van der Waals surface area (Å²) in [6, 6.07) is 12.3. The normalized spacial score (nSPS) is 16.0. The van der Waals surface area contributed by atoms with E-state index in [0.29, 0.717) is 19.8 Å². The smallest absolute Gasteiger partial charge is 0.191 e. The van der Waals surface area contributed by atoms with Crippen molar-refractivity contribution in [3.05, 3.63) is 54.0 Å². The van der Waals surface area contributed by atoms with Crippen LogP contribution in [0.15, 0.2) is 52.1 Å². The van der Waals surface area contributed by atoms with Gasteiger partial charge in [-0.25, -0.2) is 0 Å². The summed E-state index contributed by atoms with van der Waals surface area (Å²) in [4.78, 5) is 7.34. The summed E-state index contributed by atoms with van der Waals surface area (Å²) in [5.41, 5.74) is 1.23. The van der Waals surface area contributed by atoms with Crippen molar-refractivity contribution in [3.8, 4) is 5.75 Å². The van der Waals surface area contributed by atoms with Crippen LogP contribution in [0.1, 0.15) is 30.7 Å². The van der Waals surface area contributed by atoms with E-state index in [0.717, 1.165) is 63.3 Å². The van der Waals surface area contributed by atoms with Crippen LogP contribution in [0.25, 0.3) is 0 Å². The summed E-state index contributed by atoms with van der Waals surface area (Å²) in [7, 11) is 1.69. The number of benzene rings is 1. The summed E-state index contributed by atoms with van der Waals surface area (Å²) in [6.45, 7) is 8.83. The van der Waals surface area contributed by atoms with Gasteiger partial charge < -0.3 is 29.3 Å². The number of aliphatic imine (C=N–C) groups is 1. The maximum Gasteiger partial charge on any atom is 0.191 e. The maximum atomic E-state index is 5.65. The first-order chi connectivity index (χ1) is 15.8. The Morgan fingerprint density at radius 3 is 2.66 bits per heavy atom. The van der Waals surface area contributed by atoms with E-state index in [1.54, 1.807) is 13.4 Å². The zero-order valence-corrected chi connectivity index (χ0v) is 19.2. The number of hydrogen-bond acceptors (Lipinski definition) is 6. The highest BCUT2D eigenvalue weighted by atomic mass is 16.5. The molecule has 1 unspecified atom stereocenters. The molecule has 8 nitrogen and oxygen atoms in total. The molecule has 2 N–H and O–H groups in total. The molecule has 2 heterocycles. The second-order valence-corrected chi connectivity index (χ2v) is 7.57. The van der Waals surface area contributed by atoms with Gasteiger partial charge in [0, 0.05) is 32.8 Å². The molecule has 1 aromatic carbocycles. The lowest BCUT2D eigenvalue weighted by molar-refractivity contribution is 0.0179. The average Bonchev–Trinajstić information content (AvgIpc) is 3.36. The van der Waals surface area contributed by atoms with Crippen LogP contribution in [-0.4, -0.2) is 70.5 Å². The molecule has 1 aliphatic rings. The van der Waals surface area contributed by atoms with E-state index in [9.17, 15) is 0 Å². The van der Waals surface area contributed by atoms with E-state index in [4.69, 9.17) is 23.6 Å². The number of ether oxygens (including phenoxy) is 3. The topological polar surface area (TPSA) is 80.5 Å². The standard InChI is InChI=1S/C24H36N4O4/c1-3-25-24(26-11-5-14-31-19-22-6-4-15-32-22)27-18-23(28-12-16-30-17-13-28)20-7-9-21(29-2)10-8-20/h4,6-10,15,23H,3,5,11-14,16-19H2,1-2H3,(H2,25,26,27). The Bertz CT molecular complexity index is 774. The monoisotopic (exact) mass is 444 g/mol. The minimum Gasteiger partial charge on any atom is -0.497 e. The quantitative estimate of drug-likeness (QED) is 0.296. The molecule has 1 aromatic heterocycles. The Labute approximate surface area is 190 Å². The number of rotatable bonds is 12. The molecule has 0 aliphatic carbocycles. The van der Waals surface area contributed by atoms with E-state index in [1.807, 2.05) is 24.3 Å². The van der Waals surface area contributed by atoms with Gasteiger partial charge in [-0.3, -0.25) is 9.89 Å². The predicted octanol–water partition coefficient (Wildman–Crippen LogP) is 2.82. The van der Waals surface area contributed by atoms with Crippen LogP contribution in [0.5, 0.6) is 5.75 Å². The first-order valence-corrected chi connectivity index (χ1v) is 11.4. The molecule has 0 spiro atoms. The van der Waals surface area contributed by atoms with Crippen LogP contribution in [0.3, 0.4) is 0 Å². The van der Waals surface area contributed by atoms with Gasteiger partial charge in [0.2, 0.25) is 0 Å². The zero-order chi connectivity index (χ0) is 22.4. The van der Waals surface area contributed by atoms with Crippen molar-refractivity contribution in [2.45, 2.75) is 26.0 Å². The fourth-order valence-corrected chi connectivity index (χ4v) is 3.61. The van der Waals surface area contributed by atoms with Gasteiger partial charge >= 0.3 is 0 Å². The van der Waals surface area contributed by atoms with Gasteiger partial charge in [-0.2, -0.15) is 0 Å². The van der Waals surface area contributed by atoms with Crippen LogP contribution >= 0.6 is 0 Å². The minimum atomic E-state index is 0.192. The Morgan fingerprint density at radius 2 is 1.97 bits per heavy atom. The van der Waals surface area contributed by atoms with Gasteiger partial charge in [0.15, 0.2) is 5.96 Å². The fourth-order valence-electron chi connectivity index (χ4n) is 3.61. The molecule has 0 radical (unpaired) electrons. The molecule has 1 fully saturated rings. The number of nitrogens with zero attached hydrogens (tertiary/aromatic N) is 2. The molecular formula is C24H36N4O4. The number of hydrogen-bond donors (Lipinski definition) is 2. The maximum absolute atomic E-state index is 5.65. The van der Waals surface area contributed by atoms with Crippen LogP contribution in [-0.2, 0) is 16.1 Å². The van der Waals surface area contributed by atoms with E-state index < -0.39 is 0 Å². The molecule has 0 amide bonds. The molecule has 176 valence electrons. The number of nitrogens with one attached hydrogen (secondary N) is 2. The molecule has 3 rings (SSSR count). The minimum absolute atomic E-state index is 0.192. The van der Waals surface area contributed by atoms with E-state index in [1.165, 1.54) is 5.56 Å². The van der Waals surface area contributed by atoms with Crippen molar-refractivity contribution in [1.82, 2.24) is 15.5 Å². The van der Waals surface area contributed by atoms with Crippen molar-refractivity contribution in [3.63, 3.8) is 0 Å². The van der Waals surface area contributed by atoms with Crippen LogP contribution in [0, 0.1) is 0 Å². The number of furan rings is 1. The van der Waals surface area contributed by atoms with Crippen LogP contribution in [0.2, 0.25) is 0 Å². The summed E-state index contributed by atoms with van der Waals surface area (Å²) in [5, 5.41) is 6.76. The first-order valence-electron chi connectivity index (χ1n) is 11.4. The third kappa shape index (κ3) is 7.85. The number of guanidine groups is 1. The molecule has 2 aromatic rings. The molecule has 0 bridgehead atoms. The highest BCUT2D eigenvalue weighted by molar-refractivity contribution is 5.79. The third-order valence-corrected chi connectivity index (χ3v) is 5.34. The summed E-state index contributed by atoms with van der Waals surface area (Å²) in [5.74, 6) is 2.54. The van der Waals surface area contributed by atoms with Crippen molar-refractivity contribution >= 4 is 5.96 Å². The lowest BCUT2D eigenvalue weighted by Crippen LogP contribution is -2.42. The van der Waals surface area contributed by atoms with Gasteiger partial charge in [-0.05, 0) is 43.2 Å². The number of morpholine rings is 1. The molecule has 1 saturated heterocycles. The van der Waals surface area contributed by atoms with E-state index in [2.05, 4.69) is 34.6 Å². The molecule has 8 heteroatoms. The van der Waals surface area contributed by atoms with E-state index in [-0.39, 0.29) is 6.04 Å². The highest BCUT2D eigenvalue weighted by Crippen LogP contribution is 2.24. The molecule has 32 heavy (non-hydrogen) atoms. The second-order valence-electron chi connectivity index (χ2n) is 7.57. The van der Waals surface area contributed by atoms with Gasteiger partial charge in [0.25, 0.3) is 0 Å². The lowest BCUT2D eigenvalue weighted by Gasteiger charge is -2.34. The Morgan fingerprint density at radius 1 is 1.16 bits per heavy atom. The van der Waals surface area contributed by atoms with Crippen molar-refractivity contribution < 1.29 is 18.6 Å². The van der Waals surface area contributed by atoms with Gasteiger partial charge in [-0.1, -0.05) is 12.1 Å². The lowest BCUT2D eigenvalue weighted by atomic mass is 10.0. The first kappa shape index (κ1) is 24.1. The van der Waals surface area contributed by atoms with Crippen LogP contribution in [0.4, 0.5) is 0 Å². The summed E-state index contributed by atoms with van der Waals surface area (Å²) < 4.78 is 21.8. The van der Waals surface area contributed by atoms with Gasteiger partial charge in [0.05, 0.1) is 39.2 Å². The summed E-state index contributed by atoms with van der Waals surface area (Å²) >= 11 is 0. The summed E-state index contributed by atoms with van der Waals surface area (Å²) in [6.07, 6.45) is 2.55. The largest absolute Gasteiger partial charge is 0.497 e. The second kappa shape index (κ2) is 13.8. The predicted molar refractivity (Wildman–Crippen MR) is 125 cm³/mol. The fraction of sp³-hybridized carbons (Fsp3) is 0.542.